The van der Waals surface area contributed by atoms with Gasteiger partial charge in [-0.15, -0.1) is 0 Å². The molecule has 0 bridgehead atoms. The fourth-order valence-electron chi connectivity index (χ4n) is 2.97. The second kappa shape index (κ2) is 10.3. The zero-order valence-electron chi connectivity index (χ0n) is 15.7. The van der Waals surface area contributed by atoms with E-state index in [-0.39, 0.29) is 30.4 Å². The van der Waals surface area contributed by atoms with Crippen molar-refractivity contribution in [2.24, 2.45) is 5.92 Å². The molecule has 0 spiro atoms. The summed E-state index contributed by atoms with van der Waals surface area (Å²) in [6, 6.07) is 2.89. The maximum Gasteiger partial charge on any atom is 0.315 e. The number of nitro benzene ring substituents is 1. The van der Waals surface area contributed by atoms with Gasteiger partial charge in [0.05, 0.1) is 44.0 Å². The minimum absolute atomic E-state index is 0.0782. The van der Waals surface area contributed by atoms with Gasteiger partial charge in [-0.3, -0.25) is 10.1 Å². The number of aliphatic hydroxyl groups excluding tert-OH is 2. The Balaban J connectivity index is 3.26. The number of aliphatic hydroxyl groups is 2. The molecule has 0 aliphatic heterocycles. The lowest BCUT2D eigenvalue weighted by Crippen LogP contribution is -2.34. The highest BCUT2D eigenvalue weighted by atomic mass is 16.6. The van der Waals surface area contributed by atoms with Crippen molar-refractivity contribution in [1.82, 2.24) is 0 Å². The number of benzene rings is 1. The summed E-state index contributed by atoms with van der Waals surface area (Å²) in [6.45, 7) is 1.50. The van der Waals surface area contributed by atoms with E-state index in [2.05, 4.69) is 0 Å². The van der Waals surface area contributed by atoms with Crippen LogP contribution in [0.4, 0.5) is 5.69 Å². The second-order valence-corrected chi connectivity index (χ2v) is 5.92. The summed E-state index contributed by atoms with van der Waals surface area (Å²) in [5.74, 6) is 0.113. The van der Waals surface area contributed by atoms with Crippen molar-refractivity contribution in [2.75, 3.05) is 35.0 Å². The van der Waals surface area contributed by atoms with Crippen molar-refractivity contribution >= 4 is 5.69 Å². The van der Waals surface area contributed by atoms with Gasteiger partial charge in [-0.05, 0) is 18.4 Å². The van der Waals surface area contributed by atoms with E-state index < -0.39 is 23.2 Å². The summed E-state index contributed by atoms with van der Waals surface area (Å²) in [4.78, 5) is 10.8. The van der Waals surface area contributed by atoms with Crippen molar-refractivity contribution in [2.45, 2.75) is 31.7 Å². The van der Waals surface area contributed by atoms with E-state index in [9.17, 15) is 20.3 Å². The highest BCUT2D eigenvalue weighted by molar-refractivity contribution is 5.57. The van der Waals surface area contributed by atoms with Crippen LogP contribution in [-0.2, 0) is 9.47 Å². The van der Waals surface area contributed by atoms with Crippen LogP contribution in [-0.4, -0.2) is 62.4 Å². The van der Waals surface area contributed by atoms with Gasteiger partial charge in [-0.2, -0.15) is 0 Å². The summed E-state index contributed by atoms with van der Waals surface area (Å²) < 4.78 is 21.0. The third-order valence-electron chi connectivity index (χ3n) is 4.31. The minimum Gasteiger partial charge on any atom is -0.496 e. The number of hydrogen-bond acceptors (Lipinski definition) is 8. The van der Waals surface area contributed by atoms with Gasteiger partial charge in [0.1, 0.15) is 11.9 Å². The van der Waals surface area contributed by atoms with Gasteiger partial charge in [0.25, 0.3) is 0 Å². The molecule has 0 heterocycles. The van der Waals surface area contributed by atoms with Crippen LogP contribution in [0.2, 0.25) is 0 Å². The van der Waals surface area contributed by atoms with Crippen LogP contribution in [0.5, 0.6) is 11.5 Å². The van der Waals surface area contributed by atoms with E-state index in [1.54, 1.807) is 6.07 Å². The number of ether oxygens (including phenoxy) is 4. The molecule has 0 aliphatic carbocycles. The largest absolute Gasteiger partial charge is 0.496 e. The SMILES string of the molecule is COc1cc([C@H](OC)[C@@H](C)C[C@@H](O)[C@@H](CO)OC)c(OC)c([N+](=O)[O-])c1. The first-order valence-corrected chi connectivity index (χ1v) is 8.09. The monoisotopic (exact) mass is 373 g/mol. The topological polar surface area (TPSA) is 121 Å². The Labute approximate surface area is 152 Å². The van der Waals surface area contributed by atoms with E-state index in [0.29, 0.717) is 11.3 Å². The Morgan fingerprint density at radius 2 is 1.81 bits per heavy atom. The van der Waals surface area contributed by atoms with Crippen molar-refractivity contribution in [1.29, 1.82) is 0 Å². The third kappa shape index (κ3) is 5.04. The van der Waals surface area contributed by atoms with Crippen LogP contribution < -0.4 is 9.47 Å². The van der Waals surface area contributed by atoms with Crippen LogP contribution >= 0.6 is 0 Å². The van der Waals surface area contributed by atoms with Gasteiger partial charge in [-0.1, -0.05) is 6.92 Å². The highest BCUT2D eigenvalue weighted by Crippen LogP contribution is 2.42. The maximum atomic E-state index is 11.4. The Kier molecular flexibility index (Phi) is 8.73. The van der Waals surface area contributed by atoms with Crippen molar-refractivity contribution in [3.05, 3.63) is 27.8 Å². The average Bonchev–Trinajstić information content (AvgIpc) is 2.62. The minimum atomic E-state index is -0.927. The molecular weight excluding hydrogens is 346 g/mol. The Morgan fingerprint density at radius 3 is 2.23 bits per heavy atom. The molecule has 148 valence electrons. The Bertz CT molecular complexity index is 590. The molecule has 0 amide bonds. The van der Waals surface area contributed by atoms with Crippen LogP contribution in [0.1, 0.15) is 25.0 Å². The van der Waals surface area contributed by atoms with Gasteiger partial charge in [0.2, 0.25) is 5.75 Å². The molecule has 1 aromatic carbocycles. The molecule has 26 heavy (non-hydrogen) atoms. The van der Waals surface area contributed by atoms with Gasteiger partial charge in [0.15, 0.2) is 0 Å². The van der Waals surface area contributed by atoms with Gasteiger partial charge >= 0.3 is 5.69 Å². The van der Waals surface area contributed by atoms with E-state index in [0.717, 1.165) is 0 Å². The van der Waals surface area contributed by atoms with Crippen molar-refractivity contribution in [3.8, 4) is 11.5 Å². The summed E-state index contributed by atoms with van der Waals surface area (Å²) in [5, 5.41) is 30.8. The first-order chi connectivity index (χ1) is 12.3. The summed E-state index contributed by atoms with van der Waals surface area (Å²) in [7, 11) is 5.63. The predicted octanol–water partition coefficient (Wildman–Crippen LogP) is 1.69. The summed E-state index contributed by atoms with van der Waals surface area (Å²) >= 11 is 0. The predicted molar refractivity (Wildman–Crippen MR) is 93.6 cm³/mol. The van der Waals surface area contributed by atoms with Crippen LogP contribution in [0, 0.1) is 16.0 Å². The maximum absolute atomic E-state index is 11.4. The molecule has 1 aromatic rings. The molecule has 0 saturated carbocycles. The fraction of sp³-hybridized carbons (Fsp3) is 0.647. The quantitative estimate of drug-likeness (QED) is 0.444. The number of nitrogens with zero attached hydrogens (tertiary/aromatic N) is 1. The smallest absolute Gasteiger partial charge is 0.315 e. The Hall–Kier alpha value is -1.94. The number of hydrogen-bond donors (Lipinski definition) is 2. The van der Waals surface area contributed by atoms with Gasteiger partial charge in [0, 0.05) is 19.8 Å². The Morgan fingerprint density at radius 1 is 1.15 bits per heavy atom. The van der Waals surface area contributed by atoms with E-state index >= 15 is 0 Å². The zero-order chi connectivity index (χ0) is 19.9. The highest BCUT2D eigenvalue weighted by Gasteiger charge is 2.31. The molecule has 2 N–H and O–H groups in total. The first-order valence-electron chi connectivity index (χ1n) is 8.09. The summed E-state index contributed by atoms with van der Waals surface area (Å²) in [6.07, 6.45) is -2.02. The number of rotatable bonds is 11. The molecule has 0 saturated heterocycles. The average molecular weight is 373 g/mol. The molecule has 0 radical (unpaired) electrons. The van der Waals surface area contributed by atoms with Gasteiger partial charge in [-0.25, -0.2) is 0 Å². The molecule has 0 aromatic heterocycles. The third-order valence-corrected chi connectivity index (χ3v) is 4.31. The van der Waals surface area contributed by atoms with E-state index in [1.165, 1.54) is 34.5 Å². The molecule has 0 fully saturated rings. The molecule has 9 nitrogen and oxygen atoms in total. The molecule has 9 heteroatoms. The molecule has 1 rings (SSSR count). The van der Waals surface area contributed by atoms with Crippen molar-refractivity contribution < 1.29 is 34.1 Å². The second-order valence-electron chi connectivity index (χ2n) is 5.92. The first kappa shape index (κ1) is 22.1. The van der Waals surface area contributed by atoms with E-state index in [4.69, 9.17) is 18.9 Å². The standard InChI is InChI=1S/C17H27NO8/c1-10(6-14(20)15(9-19)24-3)16(25-4)12-7-11(23-2)8-13(18(21)22)17(12)26-5/h7-8,10,14-16,19-20H,6,9H2,1-5H3/t10-,14+,15+,16+/m0/s1. The lowest BCUT2D eigenvalue weighted by molar-refractivity contribution is -0.385. The molecule has 0 unspecified atom stereocenters. The zero-order valence-corrected chi connectivity index (χ0v) is 15.7. The normalized spacial score (nSPS) is 15.8. The molecule has 4 atom stereocenters. The van der Waals surface area contributed by atoms with Gasteiger partial charge < -0.3 is 29.2 Å². The van der Waals surface area contributed by atoms with E-state index in [1.807, 2.05) is 6.92 Å². The van der Waals surface area contributed by atoms with Crippen LogP contribution in [0.25, 0.3) is 0 Å². The fourth-order valence-corrected chi connectivity index (χ4v) is 2.97. The van der Waals surface area contributed by atoms with Crippen molar-refractivity contribution in [3.63, 3.8) is 0 Å². The number of nitro groups is 1. The molecular formula is C17H27NO8. The summed E-state index contributed by atoms with van der Waals surface area (Å²) in [5.41, 5.74) is 0.209. The lowest BCUT2D eigenvalue weighted by Gasteiger charge is -2.28. The molecule has 0 aliphatic rings. The number of methoxy groups -OCH3 is 4. The lowest BCUT2D eigenvalue weighted by atomic mass is 9.89. The van der Waals surface area contributed by atoms with Crippen LogP contribution in [0.3, 0.4) is 0 Å². The van der Waals surface area contributed by atoms with Crippen LogP contribution in [0.15, 0.2) is 12.1 Å².